The Kier molecular flexibility index (Phi) is 7.01. The van der Waals surface area contributed by atoms with Crippen molar-refractivity contribution in [3.63, 3.8) is 0 Å². The molecule has 0 aromatic heterocycles. The van der Waals surface area contributed by atoms with Gasteiger partial charge < -0.3 is 14.2 Å². The van der Waals surface area contributed by atoms with Crippen molar-refractivity contribution >= 4 is 21.8 Å². The van der Waals surface area contributed by atoms with Crippen LogP contribution in [0.25, 0.3) is 0 Å². The van der Waals surface area contributed by atoms with Crippen LogP contribution in [0, 0.1) is 0 Å². The molecular formula is C15H23NO5S2. The maximum absolute atomic E-state index is 12.5. The van der Waals surface area contributed by atoms with Crippen molar-refractivity contribution < 1.29 is 22.6 Å². The van der Waals surface area contributed by atoms with E-state index in [0.29, 0.717) is 23.3 Å². The molecule has 1 aliphatic heterocycles. The molecule has 1 N–H and O–H groups in total. The van der Waals surface area contributed by atoms with E-state index in [1.807, 2.05) is 0 Å². The van der Waals surface area contributed by atoms with Crippen LogP contribution in [0.4, 0.5) is 0 Å². The summed E-state index contributed by atoms with van der Waals surface area (Å²) < 4.78 is 43.1. The molecule has 1 aromatic rings. The molecule has 0 bridgehead atoms. The Hall–Kier alpha value is -0.960. The van der Waals surface area contributed by atoms with E-state index in [9.17, 15) is 8.42 Å². The van der Waals surface area contributed by atoms with Gasteiger partial charge in [-0.15, -0.1) is 0 Å². The van der Waals surface area contributed by atoms with E-state index < -0.39 is 10.0 Å². The normalized spacial score (nSPS) is 16.3. The number of methoxy groups -OCH3 is 2. The van der Waals surface area contributed by atoms with Gasteiger partial charge in [0, 0.05) is 36.8 Å². The van der Waals surface area contributed by atoms with Gasteiger partial charge in [0.25, 0.3) is 0 Å². The number of ether oxygens (including phenoxy) is 3. The van der Waals surface area contributed by atoms with Crippen LogP contribution in [0.3, 0.4) is 0 Å². The number of hydrogen-bond donors (Lipinski definition) is 1. The number of nitrogens with one attached hydrogen (secondary N) is 1. The summed E-state index contributed by atoms with van der Waals surface area (Å²) in [5, 5.41) is 0.555. The van der Waals surface area contributed by atoms with Crippen molar-refractivity contribution in [2.24, 2.45) is 0 Å². The Labute approximate surface area is 141 Å². The second kappa shape index (κ2) is 8.77. The first-order valence-corrected chi connectivity index (χ1v) is 10.0. The van der Waals surface area contributed by atoms with Crippen LogP contribution < -0.4 is 14.2 Å². The lowest BCUT2D eigenvalue weighted by Gasteiger charge is -2.21. The fourth-order valence-electron chi connectivity index (χ4n) is 2.32. The van der Waals surface area contributed by atoms with Crippen LogP contribution in [0.5, 0.6) is 11.5 Å². The molecule has 1 aliphatic rings. The number of rotatable bonds is 8. The van der Waals surface area contributed by atoms with Gasteiger partial charge in [0.15, 0.2) is 0 Å². The third-order valence-electron chi connectivity index (χ3n) is 3.58. The number of hydrogen-bond acceptors (Lipinski definition) is 6. The molecule has 0 amide bonds. The molecule has 6 nitrogen and oxygen atoms in total. The van der Waals surface area contributed by atoms with Gasteiger partial charge in [0.1, 0.15) is 16.4 Å². The van der Waals surface area contributed by atoms with Gasteiger partial charge in [-0.2, -0.15) is 11.8 Å². The van der Waals surface area contributed by atoms with Gasteiger partial charge in [-0.05, 0) is 25.0 Å². The van der Waals surface area contributed by atoms with Crippen molar-refractivity contribution in [2.45, 2.75) is 23.0 Å². The molecule has 0 aliphatic carbocycles. The van der Waals surface area contributed by atoms with E-state index in [1.54, 1.807) is 23.9 Å². The second-order valence-electron chi connectivity index (χ2n) is 5.10. The minimum Gasteiger partial charge on any atom is -0.497 e. The Morgan fingerprint density at radius 2 is 2.00 bits per heavy atom. The lowest BCUT2D eigenvalue weighted by molar-refractivity contribution is 0.100. The zero-order valence-corrected chi connectivity index (χ0v) is 15.0. The molecule has 1 aromatic carbocycles. The van der Waals surface area contributed by atoms with Crippen molar-refractivity contribution in [2.75, 3.05) is 39.7 Å². The molecule has 0 spiro atoms. The Morgan fingerprint density at radius 1 is 1.26 bits per heavy atom. The molecule has 1 heterocycles. The van der Waals surface area contributed by atoms with Crippen molar-refractivity contribution in [3.05, 3.63) is 18.2 Å². The molecule has 2 rings (SSSR count). The molecular weight excluding hydrogens is 338 g/mol. The third kappa shape index (κ3) is 5.27. The second-order valence-corrected chi connectivity index (χ2v) is 8.24. The largest absolute Gasteiger partial charge is 0.497 e. The zero-order valence-electron chi connectivity index (χ0n) is 13.4. The van der Waals surface area contributed by atoms with Gasteiger partial charge in [-0.3, -0.25) is 0 Å². The minimum atomic E-state index is -3.63. The molecule has 0 atom stereocenters. The van der Waals surface area contributed by atoms with Crippen molar-refractivity contribution in [1.82, 2.24) is 4.72 Å². The average molecular weight is 361 g/mol. The van der Waals surface area contributed by atoms with E-state index in [2.05, 4.69) is 4.72 Å². The smallest absolute Gasteiger partial charge is 0.244 e. The summed E-state index contributed by atoms with van der Waals surface area (Å²) in [5.74, 6) is 1.51. The van der Waals surface area contributed by atoms with Crippen LogP contribution in [0.1, 0.15) is 12.8 Å². The summed E-state index contributed by atoms with van der Waals surface area (Å²) in [6.07, 6.45) is 2.06. The highest BCUT2D eigenvalue weighted by Gasteiger charge is 2.20. The SMILES string of the molecule is COc1ccc(OC)c(S(=O)(=O)NCCSC2CCOCC2)c1. The fraction of sp³-hybridized carbons (Fsp3) is 0.600. The van der Waals surface area contributed by atoms with Gasteiger partial charge in [0.05, 0.1) is 14.2 Å². The molecule has 1 fully saturated rings. The molecule has 0 saturated carbocycles. The van der Waals surface area contributed by atoms with E-state index in [1.165, 1.54) is 20.3 Å². The predicted molar refractivity (Wildman–Crippen MR) is 91.0 cm³/mol. The van der Waals surface area contributed by atoms with Crippen LogP contribution in [-0.4, -0.2) is 53.4 Å². The highest BCUT2D eigenvalue weighted by atomic mass is 32.2. The highest BCUT2D eigenvalue weighted by molar-refractivity contribution is 8.00. The van der Waals surface area contributed by atoms with Gasteiger partial charge in [-0.1, -0.05) is 0 Å². The van der Waals surface area contributed by atoms with Crippen LogP contribution in [-0.2, 0) is 14.8 Å². The maximum atomic E-state index is 12.5. The first-order valence-electron chi connectivity index (χ1n) is 7.48. The number of sulfonamides is 1. The summed E-state index contributed by atoms with van der Waals surface area (Å²) in [7, 11) is -0.689. The first-order chi connectivity index (χ1) is 11.1. The third-order valence-corrected chi connectivity index (χ3v) is 6.44. The van der Waals surface area contributed by atoms with Crippen LogP contribution in [0.2, 0.25) is 0 Å². The molecule has 1 saturated heterocycles. The lowest BCUT2D eigenvalue weighted by atomic mass is 10.2. The highest BCUT2D eigenvalue weighted by Crippen LogP contribution is 2.28. The summed E-state index contributed by atoms with van der Waals surface area (Å²) in [5.41, 5.74) is 0. The minimum absolute atomic E-state index is 0.0930. The van der Waals surface area contributed by atoms with Gasteiger partial charge in [0.2, 0.25) is 10.0 Å². The van der Waals surface area contributed by atoms with Gasteiger partial charge >= 0.3 is 0 Å². The first kappa shape index (κ1) is 18.4. The quantitative estimate of drug-likeness (QED) is 0.713. The summed E-state index contributed by atoms with van der Waals surface area (Å²) >= 11 is 1.79. The predicted octanol–water partition coefficient (Wildman–Crippen LogP) is 1.89. The average Bonchev–Trinajstić information content (AvgIpc) is 2.59. The zero-order chi connectivity index (χ0) is 16.7. The van der Waals surface area contributed by atoms with Crippen LogP contribution >= 0.6 is 11.8 Å². The summed E-state index contributed by atoms with van der Waals surface area (Å²) in [6, 6.07) is 4.72. The molecule has 0 radical (unpaired) electrons. The number of thioether (sulfide) groups is 1. The Morgan fingerprint density at radius 3 is 2.65 bits per heavy atom. The fourth-order valence-corrected chi connectivity index (χ4v) is 4.74. The van der Waals surface area contributed by atoms with E-state index in [-0.39, 0.29) is 4.90 Å². The Balaban J connectivity index is 1.93. The summed E-state index contributed by atoms with van der Waals surface area (Å²) in [6.45, 7) is 1.97. The standard InChI is InChI=1S/C15H23NO5S2/c1-19-12-3-4-14(20-2)15(11-12)23(17,18)16-7-10-22-13-5-8-21-9-6-13/h3-4,11,13,16H,5-10H2,1-2H3. The Bertz CT molecular complexity index is 600. The molecule has 0 unspecified atom stereocenters. The van der Waals surface area contributed by atoms with E-state index in [4.69, 9.17) is 14.2 Å². The van der Waals surface area contributed by atoms with Crippen molar-refractivity contribution in [1.29, 1.82) is 0 Å². The van der Waals surface area contributed by atoms with E-state index in [0.717, 1.165) is 31.8 Å². The van der Waals surface area contributed by atoms with Crippen molar-refractivity contribution in [3.8, 4) is 11.5 Å². The molecule has 130 valence electrons. The topological polar surface area (TPSA) is 73.9 Å². The lowest BCUT2D eigenvalue weighted by Crippen LogP contribution is -2.27. The monoisotopic (exact) mass is 361 g/mol. The van der Waals surface area contributed by atoms with Crippen LogP contribution in [0.15, 0.2) is 23.1 Å². The number of benzene rings is 1. The van der Waals surface area contributed by atoms with E-state index >= 15 is 0 Å². The molecule has 23 heavy (non-hydrogen) atoms. The molecule has 8 heteroatoms. The summed E-state index contributed by atoms with van der Waals surface area (Å²) in [4.78, 5) is 0.0930. The maximum Gasteiger partial charge on any atom is 0.244 e. The van der Waals surface area contributed by atoms with Gasteiger partial charge in [-0.25, -0.2) is 13.1 Å².